The second kappa shape index (κ2) is 5.32. The van der Waals surface area contributed by atoms with Gasteiger partial charge in [-0.2, -0.15) is 5.10 Å². The van der Waals surface area contributed by atoms with E-state index in [4.69, 9.17) is 5.41 Å². The van der Waals surface area contributed by atoms with Crippen LogP contribution in [0.1, 0.15) is 31.4 Å². The topological polar surface area (TPSA) is 86.6 Å². The quantitative estimate of drug-likeness (QED) is 0.555. The molecule has 2 heterocycles. The van der Waals surface area contributed by atoms with E-state index in [1.165, 1.54) is 0 Å². The van der Waals surface area contributed by atoms with Crippen molar-refractivity contribution >= 4 is 17.8 Å². The molecule has 0 bridgehead atoms. The van der Waals surface area contributed by atoms with Crippen molar-refractivity contribution in [3.8, 4) is 0 Å². The molecule has 3 N–H and O–H groups in total. The van der Waals surface area contributed by atoms with Gasteiger partial charge in [0.2, 0.25) is 0 Å². The molecule has 6 heteroatoms. The van der Waals surface area contributed by atoms with Crippen LogP contribution in [0.25, 0.3) is 0 Å². The van der Waals surface area contributed by atoms with Crippen LogP contribution in [-0.4, -0.2) is 33.8 Å². The third kappa shape index (κ3) is 2.49. The van der Waals surface area contributed by atoms with Crippen LogP contribution < -0.4 is 5.32 Å². The van der Waals surface area contributed by atoms with Gasteiger partial charge in [-0.25, -0.2) is 0 Å². The Kier molecular flexibility index (Phi) is 3.74. The van der Waals surface area contributed by atoms with Crippen LogP contribution in [0.2, 0.25) is 0 Å². The zero-order valence-electron chi connectivity index (χ0n) is 11.9. The van der Waals surface area contributed by atoms with Crippen molar-refractivity contribution in [2.24, 2.45) is 0 Å². The number of hydrogen-bond donors (Lipinski definition) is 3. The van der Waals surface area contributed by atoms with Gasteiger partial charge in [-0.15, -0.1) is 0 Å². The van der Waals surface area contributed by atoms with E-state index in [0.717, 1.165) is 23.2 Å². The summed E-state index contributed by atoms with van der Waals surface area (Å²) in [5, 5.41) is 15.6. The summed E-state index contributed by atoms with van der Waals surface area (Å²) in [4.78, 5) is 13.7. The molecule has 0 saturated heterocycles. The fraction of sp³-hybridized carbons (Fsp3) is 0.357. The van der Waals surface area contributed by atoms with Gasteiger partial charge in [-0.05, 0) is 19.9 Å². The molecule has 0 saturated carbocycles. The molecule has 0 aliphatic heterocycles. The Morgan fingerprint density at radius 2 is 2.35 bits per heavy atom. The zero-order valence-corrected chi connectivity index (χ0v) is 11.9. The van der Waals surface area contributed by atoms with Crippen molar-refractivity contribution < 1.29 is 4.79 Å². The van der Waals surface area contributed by atoms with Gasteiger partial charge in [-0.1, -0.05) is 0 Å². The molecule has 0 aliphatic carbocycles. The van der Waals surface area contributed by atoms with E-state index in [1.807, 2.05) is 19.9 Å². The minimum absolute atomic E-state index is 0.382. The Hall–Kier alpha value is -2.37. The van der Waals surface area contributed by atoms with Crippen molar-refractivity contribution in [2.45, 2.75) is 25.8 Å². The lowest BCUT2D eigenvalue weighted by Crippen LogP contribution is -2.27. The SMILES string of the molecule is CNc1[nH]ccc1C(=N)c1cnn(C(C)(C)CC=O)c1. The highest BCUT2D eigenvalue weighted by molar-refractivity contribution is 6.13. The molecule has 0 aromatic carbocycles. The van der Waals surface area contributed by atoms with Gasteiger partial charge in [0.1, 0.15) is 12.1 Å². The molecule has 0 aliphatic rings. The van der Waals surface area contributed by atoms with Crippen molar-refractivity contribution in [1.82, 2.24) is 14.8 Å². The molecule has 0 amide bonds. The van der Waals surface area contributed by atoms with E-state index < -0.39 is 0 Å². The summed E-state index contributed by atoms with van der Waals surface area (Å²) in [5.41, 5.74) is 1.52. The lowest BCUT2D eigenvalue weighted by Gasteiger charge is -2.22. The normalized spacial score (nSPS) is 11.3. The second-order valence-corrected chi connectivity index (χ2v) is 5.25. The van der Waals surface area contributed by atoms with E-state index in [-0.39, 0.29) is 5.54 Å². The van der Waals surface area contributed by atoms with Crippen LogP contribution in [0.15, 0.2) is 24.7 Å². The molecule has 0 fully saturated rings. The first kappa shape index (κ1) is 14.0. The van der Waals surface area contributed by atoms with E-state index in [1.54, 1.807) is 30.3 Å². The Balaban J connectivity index is 2.29. The molecule has 2 aromatic heterocycles. The second-order valence-electron chi connectivity index (χ2n) is 5.25. The molecule has 2 rings (SSSR count). The summed E-state index contributed by atoms with van der Waals surface area (Å²) in [5.74, 6) is 0.801. The molecule has 2 aromatic rings. The third-order valence-corrected chi connectivity index (χ3v) is 3.34. The average Bonchev–Trinajstić information content (AvgIpc) is 3.07. The van der Waals surface area contributed by atoms with Crippen LogP contribution in [0.3, 0.4) is 0 Å². The Bertz CT molecular complexity index is 623. The van der Waals surface area contributed by atoms with Crippen LogP contribution in [-0.2, 0) is 10.3 Å². The standard InChI is InChI=1S/C14H19N5O/c1-14(2,5-7-20)19-9-10(8-18-19)12(15)11-4-6-17-13(11)16-3/h4,6-9,15-17H,5H2,1-3H3. The average molecular weight is 273 g/mol. The van der Waals surface area contributed by atoms with Crippen molar-refractivity contribution in [2.75, 3.05) is 12.4 Å². The first-order valence-electron chi connectivity index (χ1n) is 6.43. The smallest absolute Gasteiger partial charge is 0.122 e. The molecular weight excluding hydrogens is 254 g/mol. The predicted molar refractivity (Wildman–Crippen MR) is 78.5 cm³/mol. The zero-order chi connectivity index (χ0) is 14.8. The van der Waals surface area contributed by atoms with Crippen molar-refractivity contribution in [3.05, 3.63) is 35.8 Å². The highest BCUT2D eigenvalue weighted by Crippen LogP contribution is 2.21. The Labute approximate surface area is 117 Å². The van der Waals surface area contributed by atoms with Gasteiger partial charge >= 0.3 is 0 Å². The minimum atomic E-state index is -0.385. The molecular formula is C14H19N5O. The fourth-order valence-electron chi connectivity index (χ4n) is 2.02. The van der Waals surface area contributed by atoms with Gasteiger partial charge in [0, 0.05) is 37.0 Å². The maximum atomic E-state index is 10.7. The van der Waals surface area contributed by atoms with Crippen LogP contribution in [0.5, 0.6) is 0 Å². The number of aldehydes is 1. The maximum absolute atomic E-state index is 10.7. The number of rotatable bonds is 6. The van der Waals surface area contributed by atoms with Crippen molar-refractivity contribution in [3.63, 3.8) is 0 Å². The minimum Gasteiger partial charge on any atom is -0.374 e. The maximum Gasteiger partial charge on any atom is 0.122 e. The van der Waals surface area contributed by atoms with Gasteiger partial charge in [0.05, 0.1) is 17.4 Å². The summed E-state index contributed by atoms with van der Waals surface area (Å²) in [7, 11) is 1.80. The predicted octanol–water partition coefficient (Wildman–Crippen LogP) is 1.99. The number of aromatic nitrogens is 3. The number of H-pyrrole nitrogens is 1. The molecule has 0 unspecified atom stereocenters. The molecule has 106 valence electrons. The van der Waals surface area contributed by atoms with E-state index in [9.17, 15) is 4.79 Å². The number of nitrogens with one attached hydrogen (secondary N) is 3. The lowest BCUT2D eigenvalue weighted by molar-refractivity contribution is -0.109. The fourth-order valence-corrected chi connectivity index (χ4v) is 2.02. The van der Waals surface area contributed by atoms with E-state index >= 15 is 0 Å². The van der Waals surface area contributed by atoms with Gasteiger partial charge < -0.3 is 15.1 Å². The monoisotopic (exact) mass is 273 g/mol. The number of nitrogens with zero attached hydrogens (tertiary/aromatic N) is 2. The summed E-state index contributed by atoms with van der Waals surface area (Å²) in [6.45, 7) is 3.88. The van der Waals surface area contributed by atoms with Gasteiger partial charge in [0.25, 0.3) is 0 Å². The summed E-state index contributed by atoms with van der Waals surface area (Å²) in [6, 6.07) is 1.85. The van der Waals surface area contributed by atoms with Crippen molar-refractivity contribution in [1.29, 1.82) is 5.41 Å². The largest absolute Gasteiger partial charge is 0.374 e. The molecule has 6 nitrogen and oxygen atoms in total. The highest BCUT2D eigenvalue weighted by atomic mass is 16.1. The first-order chi connectivity index (χ1) is 9.49. The molecule has 0 spiro atoms. The van der Waals surface area contributed by atoms with E-state index in [2.05, 4.69) is 15.4 Å². The summed E-state index contributed by atoms with van der Waals surface area (Å²) >= 11 is 0. The molecule has 0 atom stereocenters. The van der Waals surface area contributed by atoms with Crippen LogP contribution in [0.4, 0.5) is 5.82 Å². The number of carbonyl (C=O) groups excluding carboxylic acids is 1. The highest BCUT2D eigenvalue weighted by Gasteiger charge is 2.22. The number of aromatic amines is 1. The lowest BCUT2D eigenvalue weighted by atomic mass is 10.0. The summed E-state index contributed by atoms with van der Waals surface area (Å²) in [6.07, 6.45) is 6.52. The first-order valence-corrected chi connectivity index (χ1v) is 6.43. The third-order valence-electron chi connectivity index (χ3n) is 3.34. The van der Waals surface area contributed by atoms with Crippen LogP contribution in [0, 0.1) is 5.41 Å². The van der Waals surface area contributed by atoms with E-state index in [0.29, 0.717) is 12.1 Å². The molecule has 20 heavy (non-hydrogen) atoms. The van der Waals surface area contributed by atoms with Gasteiger partial charge in [0.15, 0.2) is 0 Å². The van der Waals surface area contributed by atoms with Gasteiger partial charge in [-0.3, -0.25) is 10.1 Å². The number of anilines is 1. The number of hydrogen-bond acceptors (Lipinski definition) is 4. The molecule has 0 radical (unpaired) electrons. The number of carbonyl (C=O) groups is 1. The summed E-state index contributed by atoms with van der Waals surface area (Å²) < 4.78 is 1.73. The van der Waals surface area contributed by atoms with Crippen LogP contribution >= 0.6 is 0 Å². The Morgan fingerprint density at radius 1 is 1.60 bits per heavy atom. The Morgan fingerprint density at radius 3 is 3.00 bits per heavy atom.